The molecule has 1 aliphatic rings. The van der Waals surface area contributed by atoms with E-state index in [0.717, 1.165) is 10.6 Å². The molecule has 1 amide bonds. The molecule has 8 nitrogen and oxygen atoms in total. The molecule has 0 bridgehead atoms. The Kier molecular flexibility index (Phi) is 4.44. The molecule has 1 fully saturated rings. The first-order valence-electron chi connectivity index (χ1n) is 7.66. The van der Waals surface area contributed by atoms with E-state index in [9.17, 15) is 18.0 Å². The fraction of sp³-hybridized carbons (Fsp3) is 0.312. The third-order valence-corrected chi connectivity index (χ3v) is 5.60. The molecule has 1 unspecified atom stereocenters. The monoisotopic (exact) mass is 362 g/mol. The van der Waals surface area contributed by atoms with Crippen LogP contribution in [-0.2, 0) is 14.8 Å². The lowest BCUT2D eigenvalue weighted by Crippen LogP contribution is -2.42. The molecule has 132 valence electrons. The van der Waals surface area contributed by atoms with Gasteiger partial charge in [0.15, 0.2) is 0 Å². The second-order valence-electron chi connectivity index (χ2n) is 5.87. The maximum atomic E-state index is 12.6. The molecule has 3 rings (SSSR count). The summed E-state index contributed by atoms with van der Waals surface area (Å²) in [6.07, 6.45) is 5.84. The van der Waals surface area contributed by atoms with Gasteiger partial charge < -0.3 is 4.90 Å². The van der Waals surface area contributed by atoms with E-state index >= 15 is 0 Å². The summed E-state index contributed by atoms with van der Waals surface area (Å²) in [7, 11) is -2.01. The largest absolute Gasteiger partial charge is 0.311 e. The van der Waals surface area contributed by atoms with Crippen molar-refractivity contribution in [3.8, 4) is 5.69 Å². The molecule has 1 atom stereocenters. The highest BCUT2D eigenvalue weighted by Gasteiger charge is 2.38. The molecule has 2 aromatic rings. The molecule has 25 heavy (non-hydrogen) atoms. The van der Waals surface area contributed by atoms with E-state index in [2.05, 4.69) is 4.98 Å². The van der Waals surface area contributed by atoms with Crippen LogP contribution in [0.5, 0.6) is 0 Å². The van der Waals surface area contributed by atoms with Crippen molar-refractivity contribution in [3.05, 3.63) is 53.2 Å². The molecule has 1 aromatic heterocycles. The van der Waals surface area contributed by atoms with Crippen LogP contribution >= 0.6 is 0 Å². The highest BCUT2D eigenvalue weighted by atomic mass is 32.2. The molecule has 0 aliphatic carbocycles. The lowest BCUT2D eigenvalue weighted by Gasteiger charge is -2.22. The molecule has 9 heteroatoms. The quantitative estimate of drug-likeness (QED) is 0.776. The fourth-order valence-electron chi connectivity index (χ4n) is 2.84. The van der Waals surface area contributed by atoms with E-state index in [1.165, 1.54) is 24.0 Å². The second-order valence-corrected chi connectivity index (χ2v) is 7.92. The van der Waals surface area contributed by atoms with Crippen molar-refractivity contribution in [2.45, 2.75) is 12.5 Å². The van der Waals surface area contributed by atoms with Crippen molar-refractivity contribution in [1.29, 1.82) is 0 Å². The van der Waals surface area contributed by atoms with Gasteiger partial charge >= 0.3 is 0 Å². The Bertz CT molecular complexity index is 953. The van der Waals surface area contributed by atoms with E-state index in [1.807, 2.05) is 0 Å². The number of hydrogen-bond donors (Lipinski definition) is 0. The van der Waals surface area contributed by atoms with Crippen LogP contribution < -0.4 is 10.5 Å². The van der Waals surface area contributed by atoms with Crippen LogP contribution in [0.4, 0.5) is 5.69 Å². The molecule has 0 spiro atoms. The summed E-state index contributed by atoms with van der Waals surface area (Å²) < 4.78 is 25.9. The van der Waals surface area contributed by atoms with Crippen LogP contribution in [0, 0.1) is 0 Å². The minimum Gasteiger partial charge on any atom is -0.311 e. The zero-order chi connectivity index (χ0) is 18.2. The maximum Gasteiger partial charge on any atom is 0.273 e. The molecule has 0 saturated carbocycles. The van der Waals surface area contributed by atoms with Gasteiger partial charge in [-0.3, -0.25) is 19.1 Å². The van der Waals surface area contributed by atoms with E-state index in [-0.39, 0.29) is 11.5 Å². The van der Waals surface area contributed by atoms with Crippen molar-refractivity contribution in [1.82, 2.24) is 13.9 Å². The topological polar surface area (TPSA) is 92.6 Å². The molecule has 1 aliphatic heterocycles. The van der Waals surface area contributed by atoms with Gasteiger partial charge in [-0.05, 0) is 30.7 Å². The van der Waals surface area contributed by atoms with E-state index in [4.69, 9.17) is 0 Å². The first kappa shape index (κ1) is 17.3. The summed E-state index contributed by atoms with van der Waals surface area (Å²) in [6.45, 7) is 0.442. The van der Waals surface area contributed by atoms with Gasteiger partial charge in [-0.15, -0.1) is 0 Å². The molecule has 0 radical (unpaired) electrons. The number of hydrogen-bond acceptors (Lipinski definition) is 5. The van der Waals surface area contributed by atoms with Gasteiger partial charge in [-0.1, -0.05) is 0 Å². The lowest BCUT2D eigenvalue weighted by atomic mass is 10.2. The summed E-state index contributed by atoms with van der Waals surface area (Å²) >= 11 is 0. The van der Waals surface area contributed by atoms with E-state index in [1.54, 1.807) is 35.4 Å². The zero-order valence-corrected chi connectivity index (χ0v) is 14.7. The number of carbonyl (C=O) groups excluding carboxylic acids is 1. The number of nitrogens with zero attached hydrogens (tertiary/aromatic N) is 4. The third kappa shape index (κ3) is 3.33. The summed E-state index contributed by atoms with van der Waals surface area (Å²) in [5.41, 5.74) is 1.08. The number of carbonyl (C=O) groups is 1. The predicted molar refractivity (Wildman–Crippen MR) is 93.2 cm³/mol. The Morgan fingerprint density at radius 3 is 2.40 bits per heavy atom. The van der Waals surface area contributed by atoms with Gasteiger partial charge in [0.1, 0.15) is 6.04 Å². The van der Waals surface area contributed by atoms with Crippen LogP contribution in [0.25, 0.3) is 5.69 Å². The van der Waals surface area contributed by atoms with Crippen LogP contribution in [0.2, 0.25) is 0 Å². The summed E-state index contributed by atoms with van der Waals surface area (Å²) in [5.74, 6) is -0.248. The number of aromatic nitrogens is 2. The number of amides is 1. The molecular weight excluding hydrogens is 344 g/mol. The molecule has 2 heterocycles. The predicted octanol–water partition coefficient (Wildman–Crippen LogP) is 0.229. The van der Waals surface area contributed by atoms with E-state index < -0.39 is 16.1 Å². The van der Waals surface area contributed by atoms with Crippen LogP contribution in [-0.4, -0.2) is 54.1 Å². The Labute approximate surface area is 145 Å². The third-order valence-electron chi connectivity index (χ3n) is 4.30. The second kappa shape index (κ2) is 6.41. The average Bonchev–Trinajstić information content (AvgIpc) is 2.95. The summed E-state index contributed by atoms with van der Waals surface area (Å²) in [5, 5.41) is 0. The van der Waals surface area contributed by atoms with Crippen molar-refractivity contribution in [3.63, 3.8) is 0 Å². The average molecular weight is 362 g/mol. The molecular formula is C16H18N4O4S. The number of likely N-dealkylation sites (N-methyl/N-ethyl adjacent to an activating group) is 1. The number of sulfonamides is 1. The van der Waals surface area contributed by atoms with Gasteiger partial charge in [-0.25, -0.2) is 8.42 Å². The van der Waals surface area contributed by atoms with Gasteiger partial charge in [0.05, 0.1) is 12.5 Å². The Hall–Kier alpha value is -2.52. The minimum absolute atomic E-state index is 0.248. The Balaban J connectivity index is 1.83. The normalized spacial score (nSPS) is 18.1. The Morgan fingerprint density at radius 2 is 1.80 bits per heavy atom. The van der Waals surface area contributed by atoms with Gasteiger partial charge in [0.25, 0.3) is 5.56 Å². The van der Waals surface area contributed by atoms with Crippen LogP contribution in [0.15, 0.2) is 47.7 Å². The van der Waals surface area contributed by atoms with Crippen molar-refractivity contribution in [2.75, 3.05) is 24.7 Å². The highest BCUT2D eigenvalue weighted by Crippen LogP contribution is 2.25. The number of anilines is 1. The summed E-state index contributed by atoms with van der Waals surface area (Å²) in [4.78, 5) is 29.7. The van der Waals surface area contributed by atoms with Crippen molar-refractivity contribution >= 4 is 21.6 Å². The number of rotatable bonds is 4. The Morgan fingerprint density at radius 1 is 1.16 bits per heavy atom. The van der Waals surface area contributed by atoms with Gasteiger partial charge in [-0.2, -0.15) is 4.31 Å². The summed E-state index contributed by atoms with van der Waals surface area (Å²) in [6, 6.07) is 6.26. The first-order chi connectivity index (χ1) is 11.8. The van der Waals surface area contributed by atoms with Gasteiger partial charge in [0.2, 0.25) is 15.9 Å². The van der Waals surface area contributed by atoms with Crippen LogP contribution in [0.3, 0.4) is 0 Å². The number of benzene rings is 1. The van der Waals surface area contributed by atoms with Crippen molar-refractivity contribution in [2.24, 2.45) is 0 Å². The maximum absolute atomic E-state index is 12.6. The highest BCUT2D eigenvalue weighted by molar-refractivity contribution is 7.88. The molecule has 1 saturated heterocycles. The van der Waals surface area contributed by atoms with Crippen molar-refractivity contribution < 1.29 is 13.2 Å². The smallest absolute Gasteiger partial charge is 0.273 e. The SMILES string of the molecule is CN(C1CCN(c2ccc(-n3ccncc3=O)cc2)C1=O)S(C)(=O)=O. The zero-order valence-electron chi connectivity index (χ0n) is 13.9. The molecule has 1 aromatic carbocycles. The standard InChI is InChI=1S/C16H18N4O4S/c1-18(25(2,23)24)14-7-9-20(16(14)22)13-5-3-12(4-6-13)19-10-8-17-11-15(19)21/h3-6,8,10-11,14H,7,9H2,1-2H3. The van der Waals surface area contributed by atoms with Crippen LogP contribution in [0.1, 0.15) is 6.42 Å². The first-order valence-corrected chi connectivity index (χ1v) is 9.51. The van der Waals surface area contributed by atoms with Gasteiger partial charge in [0, 0.05) is 37.4 Å². The lowest BCUT2D eigenvalue weighted by molar-refractivity contribution is -0.120. The molecule has 0 N–H and O–H groups in total. The minimum atomic E-state index is -3.43. The van der Waals surface area contributed by atoms with E-state index in [0.29, 0.717) is 24.3 Å². The fourth-order valence-corrected chi connectivity index (χ4v) is 3.50.